The monoisotopic (exact) mass is 154 g/mol. The van der Waals surface area contributed by atoms with E-state index in [1.807, 2.05) is 0 Å². The first-order chi connectivity index (χ1) is 4.20. The molecule has 0 heterocycles. The van der Waals surface area contributed by atoms with E-state index in [0.717, 1.165) is 12.8 Å². The van der Waals surface area contributed by atoms with Crippen LogP contribution in [-0.4, -0.2) is 15.7 Å². The number of alkyl halides is 2. The van der Waals surface area contributed by atoms with Crippen LogP contribution in [0.3, 0.4) is 0 Å². The highest BCUT2D eigenvalue weighted by Crippen LogP contribution is 2.30. The molecule has 0 aromatic rings. The smallest absolute Gasteiger partial charge is 0.254 e. The van der Waals surface area contributed by atoms with Crippen LogP contribution in [0.2, 0.25) is 0 Å². The van der Waals surface area contributed by atoms with E-state index in [4.69, 9.17) is 0 Å². The van der Waals surface area contributed by atoms with Gasteiger partial charge in [-0.1, -0.05) is 0 Å². The molecule has 1 rings (SSSR count). The predicted molar refractivity (Wildman–Crippen MR) is 31.7 cm³/mol. The summed E-state index contributed by atoms with van der Waals surface area (Å²) >= 11 is 0. The highest BCUT2D eigenvalue weighted by Gasteiger charge is 2.26. The fraction of sp³-hybridized carbons (Fsp3) is 1.00. The van der Waals surface area contributed by atoms with Gasteiger partial charge in [0.05, 0.1) is 10.8 Å². The lowest BCUT2D eigenvalue weighted by atomic mass is 10.5. The maximum atomic E-state index is 11.5. The summed E-state index contributed by atoms with van der Waals surface area (Å²) in [5.41, 5.74) is 0. The van der Waals surface area contributed by atoms with Gasteiger partial charge in [0.25, 0.3) is 0 Å². The van der Waals surface area contributed by atoms with E-state index in [1.165, 1.54) is 0 Å². The molecule has 1 unspecified atom stereocenters. The summed E-state index contributed by atoms with van der Waals surface area (Å²) in [6, 6.07) is 0. The minimum atomic E-state index is -2.63. The summed E-state index contributed by atoms with van der Waals surface area (Å²) in [5, 5.41) is 0. The average Bonchev–Trinajstić information content (AvgIpc) is 2.50. The van der Waals surface area contributed by atoms with Crippen molar-refractivity contribution in [3.8, 4) is 0 Å². The molecule has 9 heavy (non-hydrogen) atoms. The van der Waals surface area contributed by atoms with Gasteiger partial charge in [-0.2, -0.15) is 8.78 Å². The Morgan fingerprint density at radius 2 is 2.11 bits per heavy atom. The molecule has 1 aliphatic rings. The van der Waals surface area contributed by atoms with Crippen LogP contribution in [0.25, 0.3) is 0 Å². The molecule has 1 nitrogen and oxygen atoms in total. The van der Waals surface area contributed by atoms with Gasteiger partial charge in [-0.25, -0.2) is 0 Å². The van der Waals surface area contributed by atoms with E-state index in [1.54, 1.807) is 0 Å². The molecule has 1 aliphatic carbocycles. The lowest BCUT2D eigenvalue weighted by Crippen LogP contribution is -2.07. The van der Waals surface area contributed by atoms with Crippen LogP contribution in [-0.2, 0) is 10.8 Å². The first kappa shape index (κ1) is 7.12. The first-order valence-electron chi connectivity index (χ1n) is 2.85. The second-order valence-electron chi connectivity index (χ2n) is 2.25. The maximum absolute atomic E-state index is 11.5. The van der Waals surface area contributed by atoms with Crippen LogP contribution in [0.4, 0.5) is 8.78 Å². The summed E-state index contributed by atoms with van der Waals surface area (Å²) < 4.78 is 33.4. The Hall–Kier alpha value is 0.01000. The minimum absolute atomic E-state index is 0.206. The fourth-order valence-electron chi connectivity index (χ4n) is 0.590. The number of hydrogen-bond donors (Lipinski definition) is 0. The van der Waals surface area contributed by atoms with Crippen LogP contribution in [0.5, 0.6) is 0 Å². The summed E-state index contributed by atoms with van der Waals surface area (Å²) in [7, 11) is -1.87. The second-order valence-corrected chi connectivity index (χ2v) is 3.70. The standard InChI is InChI=1S/C5H8F2OS/c6-5(7)9(8)3-4-1-2-4/h4-5H,1-3H2. The molecule has 0 radical (unpaired) electrons. The third-order valence-corrected chi connectivity index (χ3v) is 2.49. The largest absolute Gasteiger partial charge is 0.311 e. The van der Waals surface area contributed by atoms with Crippen molar-refractivity contribution in [3.63, 3.8) is 0 Å². The molecule has 4 heteroatoms. The van der Waals surface area contributed by atoms with Gasteiger partial charge in [0.2, 0.25) is 0 Å². The van der Waals surface area contributed by atoms with Crippen molar-refractivity contribution in [2.45, 2.75) is 18.6 Å². The zero-order chi connectivity index (χ0) is 6.85. The minimum Gasteiger partial charge on any atom is -0.254 e. The van der Waals surface area contributed by atoms with E-state index < -0.39 is 16.6 Å². The zero-order valence-electron chi connectivity index (χ0n) is 4.85. The lowest BCUT2D eigenvalue weighted by Gasteiger charge is -1.95. The Kier molecular flexibility index (Phi) is 2.16. The molecule has 0 aliphatic heterocycles. The van der Waals surface area contributed by atoms with E-state index in [-0.39, 0.29) is 5.75 Å². The molecule has 0 spiro atoms. The van der Waals surface area contributed by atoms with E-state index >= 15 is 0 Å². The predicted octanol–water partition coefficient (Wildman–Crippen LogP) is 1.37. The highest BCUT2D eigenvalue weighted by molar-refractivity contribution is 7.85. The molecule has 54 valence electrons. The first-order valence-corrected chi connectivity index (χ1v) is 4.23. The quantitative estimate of drug-likeness (QED) is 0.600. The second kappa shape index (κ2) is 2.73. The average molecular weight is 154 g/mol. The number of hydrogen-bond acceptors (Lipinski definition) is 1. The van der Waals surface area contributed by atoms with Crippen LogP contribution in [0.1, 0.15) is 12.8 Å². The number of halogens is 2. The highest BCUT2D eigenvalue weighted by atomic mass is 32.2. The van der Waals surface area contributed by atoms with Gasteiger partial charge >= 0.3 is 5.76 Å². The molecule has 1 atom stereocenters. The van der Waals surface area contributed by atoms with Crippen LogP contribution in [0, 0.1) is 5.92 Å². The van der Waals surface area contributed by atoms with Crippen LogP contribution < -0.4 is 0 Å². The van der Waals surface area contributed by atoms with Crippen molar-refractivity contribution in [2.75, 3.05) is 5.75 Å². The summed E-state index contributed by atoms with van der Waals surface area (Å²) in [4.78, 5) is 0. The van der Waals surface area contributed by atoms with E-state index in [9.17, 15) is 13.0 Å². The SMILES string of the molecule is O=S(CC1CC1)C(F)F. The Morgan fingerprint density at radius 3 is 2.44 bits per heavy atom. The van der Waals surface area contributed by atoms with E-state index in [0.29, 0.717) is 5.92 Å². The van der Waals surface area contributed by atoms with Gasteiger partial charge in [0, 0.05) is 5.75 Å². The summed E-state index contributed by atoms with van der Waals surface area (Å²) in [6.07, 6.45) is 1.97. The van der Waals surface area contributed by atoms with Crippen LogP contribution >= 0.6 is 0 Å². The van der Waals surface area contributed by atoms with Gasteiger partial charge in [0.1, 0.15) is 0 Å². The van der Waals surface area contributed by atoms with Crippen molar-refractivity contribution in [1.29, 1.82) is 0 Å². The fourth-order valence-corrected chi connectivity index (χ4v) is 1.53. The van der Waals surface area contributed by atoms with Gasteiger partial charge in [-0.3, -0.25) is 4.21 Å². The molecule has 0 aromatic heterocycles. The van der Waals surface area contributed by atoms with E-state index in [2.05, 4.69) is 0 Å². The van der Waals surface area contributed by atoms with Gasteiger partial charge in [-0.15, -0.1) is 0 Å². The van der Waals surface area contributed by atoms with Crippen LogP contribution in [0.15, 0.2) is 0 Å². The third-order valence-electron chi connectivity index (χ3n) is 1.30. The van der Waals surface area contributed by atoms with Crippen molar-refractivity contribution in [2.24, 2.45) is 5.92 Å². The summed E-state index contributed by atoms with van der Waals surface area (Å²) in [6.45, 7) is 0. The van der Waals surface area contributed by atoms with Crippen molar-refractivity contribution in [3.05, 3.63) is 0 Å². The molecular formula is C5H8F2OS. The van der Waals surface area contributed by atoms with Crippen molar-refractivity contribution in [1.82, 2.24) is 0 Å². The molecular weight excluding hydrogens is 146 g/mol. The normalized spacial score (nSPS) is 22.6. The van der Waals surface area contributed by atoms with Crippen molar-refractivity contribution >= 4 is 10.8 Å². The summed E-state index contributed by atoms with van der Waals surface area (Å²) in [5.74, 6) is -2.09. The maximum Gasteiger partial charge on any atom is 0.311 e. The zero-order valence-corrected chi connectivity index (χ0v) is 5.66. The molecule has 0 aromatic carbocycles. The Bertz CT molecular complexity index is 122. The Balaban J connectivity index is 2.17. The molecule has 0 amide bonds. The molecule has 0 saturated heterocycles. The topological polar surface area (TPSA) is 17.1 Å². The molecule has 1 fully saturated rings. The molecule has 1 saturated carbocycles. The lowest BCUT2D eigenvalue weighted by molar-refractivity contribution is 0.243. The van der Waals surface area contributed by atoms with Crippen molar-refractivity contribution < 1.29 is 13.0 Å². The van der Waals surface area contributed by atoms with Gasteiger partial charge in [0.15, 0.2) is 0 Å². The van der Waals surface area contributed by atoms with Gasteiger partial charge in [-0.05, 0) is 18.8 Å². The third kappa shape index (κ3) is 2.39. The molecule has 0 bridgehead atoms. The Morgan fingerprint density at radius 1 is 1.56 bits per heavy atom. The van der Waals surface area contributed by atoms with Gasteiger partial charge < -0.3 is 0 Å². The molecule has 0 N–H and O–H groups in total. The number of rotatable bonds is 3. The Labute approximate surface area is 54.9 Å².